The molecule has 0 bridgehead atoms. The summed E-state index contributed by atoms with van der Waals surface area (Å²) >= 11 is 0. The van der Waals surface area contributed by atoms with Gasteiger partial charge in [0.05, 0.1) is 12.0 Å². The highest BCUT2D eigenvalue weighted by Crippen LogP contribution is 2.36. The fourth-order valence-corrected chi connectivity index (χ4v) is 4.21. The molecule has 3 rings (SSSR count). The minimum atomic E-state index is -0.646. The molecule has 0 aromatic heterocycles. The van der Waals surface area contributed by atoms with Gasteiger partial charge in [-0.1, -0.05) is 12.1 Å². The van der Waals surface area contributed by atoms with Crippen molar-refractivity contribution in [3.63, 3.8) is 0 Å². The van der Waals surface area contributed by atoms with Crippen molar-refractivity contribution in [1.29, 1.82) is 0 Å². The zero-order chi connectivity index (χ0) is 18.5. The molecule has 0 radical (unpaired) electrons. The molecule has 2 aliphatic rings. The number of carbonyl (C=O) groups excluding carboxylic acids is 1. The average molecular weight is 401 g/mol. The van der Waals surface area contributed by atoms with E-state index >= 15 is 0 Å². The molecular weight excluding hydrogens is 371 g/mol. The molecular formula is C20H30ClFN2O3. The summed E-state index contributed by atoms with van der Waals surface area (Å²) in [6, 6.07) is 6.32. The van der Waals surface area contributed by atoms with Crippen LogP contribution in [0.3, 0.4) is 0 Å². The Hall–Kier alpha value is -1.21. The standard InChI is InChI=1S/C20H29FN2O3.ClH/c1-25-15-19(6-10-22-11-7-19)14-23-18(24)20(8-12-26-13-9-20)16-2-4-17(21)5-3-16;/h2-5,22H,6-15H2,1H3,(H,23,24);1H. The Morgan fingerprint density at radius 2 is 1.81 bits per heavy atom. The van der Waals surface area contributed by atoms with Crippen molar-refractivity contribution in [2.45, 2.75) is 31.1 Å². The van der Waals surface area contributed by atoms with Crippen LogP contribution in [0.2, 0.25) is 0 Å². The zero-order valence-corrected chi connectivity index (χ0v) is 16.7. The maximum absolute atomic E-state index is 13.4. The monoisotopic (exact) mass is 400 g/mol. The van der Waals surface area contributed by atoms with Gasteiger partial charge in [0.25, 0.3) is 0 Å². The number of amides is 1. The molecule has 152 valence electrons. The van der Waals surface area contributed by atoms with E-state index in [1.165, 1.54) is 12.1 Å². The van der Waals surface area contributed by atoms with Crippen molar-refractivity contribution in [3.8, 4) is 0 Å². The normalized spacial score (nSPS) is 21.1. The molecule has 5 nitrogen and oxygen atoms in total. The van der Waals surface area contributed by atoms with Crippen LogP contribution in [-0.2, 0) is 19.7 Å². The Morgan fingerprint density at radius 3 is 2.41 bits per heavy atom. The van der Waals surface area contributed by atoms with Crippen molar-refractivity contribution in [2.75, 3.05) is 46.6 Å². The highest BCUT2D eigenvalue weighted by atomic mass is 35.5. The van der Waals surface area contributed by atoms with Crippen LogP contribution >= 0.6 is 12.4 Å². The molecule has 27 heavy (non-hydrogen) atoms. The van der Waals surface area contributed by atoms with E-state index in [-0.39, 0.29) is 29.5 Å². The smallest absolute Gasteiger partial charge is 0.230 e. The second kappa shape index (κ2) is 9.82. The van der Waals surface area contributed by atoms with Gasteiger partial charge in [0.15, 0.2) is 0 Å². The molecule has 2 heterocycles. The van der Waals surface area contributed by atoms with Gasteiger partial charge in [0.1, 0.15) is 5.82 Å². The van der Waals surface area contributed by atoms with Gasteiger partial charge in [0.2, 0.25) is 5.91 Å². The number of carbonyl (C=O) groups is 1. The lowest BCUT2D eigenvalue weighted by Gasteiger charge is -2.40. The first-order valence-electron chi connectivity index (χ1n) is 9.42. The fraction of sp³-hybridized carbons (Fsp3) is 0.650. The summed E-state index contributed by atoms with van der Waals surface area (Å²) in [6.45, 7) is 4.20. The van der Waals surface area contributed by atoms with Gasteiger partial charge in [-0.15, -0.1) is 12.4 Å². The van der Waals surface area contributed by atoms with Crippen molar-refractivity contribution in [1.82, 2.24) is 10.6 Å². The summed E-state index contributed by atoms with van der Waals surface area (Å²) in [4.78, 5) is 13.3. The molecule has 1 aromatic rings. The SMILES string of the molecule is COCC1(CNC(=O)C2(c3ccc(F)cc3)CCOCC2)CCNCC1.Cl. The topological polar surface area (TPSA) is 59.6 Å². The summed E-state index contributed by atoms with van der Waals surface area (Å²) in [6.07, 6.45) is 3.19. The minimum absolute atomic E-state index is 0. The quantitative estimate of drug-likeness (QED) is 0.770. The third-order valence-corrected chi connectivity index (χ3v) is 5.92. The van der Waals surface area contributed by atoms with Crippen LogP contribution in [0.25, 0.3) is 0 Å². The molecule has 0 saturated carbocycles. The maximum Gasteiger partial charge on any atom is 0.230 e. The van der Waals surface area contributed by atoms with E-state index in [0.29, 0.717) is 39.2 Å². The molecule has 2 aliphatic heterocycles. The van der Waals surface area contributed by atoms with Crippen molar-refractivity contribution in [3.05, 3.63) is 35.6 Å². The number of methoxy groups -OCH3 is 1. The Morgan fingerprint density at radius 1 is 1.19 bits per heavy atom. The van der Waals surface area contributed by atoms with Gasteiger partial charge in [-0.05, 0) is 56.5 Å². The first kappa shape index (κ1) is 22.1. The van der Waals surface area contributed by atoms with E-state index in [1.807, 2.05) is 0 Å². The number of piperidine rings is 1. The predicted octanol–water partition coefficient (Wildman–Crippen LogP) is 2.43. The Balaban J connectivity index is 0.00000261. The van der Waals surface area contributed by atoms with E-state index < -0.39 is 5.41 Å². The summed E-state index contributed by atoms with van der Waals surface area (Å²) < 4.78 is 24.3. The molecule has 2 saturated heterocycles. The van der Waals surface area contributed by atoms with Crippen LogP contribution in [0.15, 0.2) is 24.3 Å². The van der Waals surface area contributed by atoms with Crippen LogP contribution in [0.4, 0.5) is 4.39 Å². The van der Waals surface area contributed by atoms with E-state index in [9.17, 15) is 9.18 Å². The second-order valence-corrected chi connectivity index (χ2v) is 7.57. The van der Waals surface area contributed by atoms with Crippen LogP contribution in [-0.4, -0.2) is 52.5 Å². The number of rotatable bonds is 6. The number of nitrogens with one attached hydrogen (secondary N) is 2. The average Bonchev–Trinajstić information content (AvgIpc) is 2.68. The van der Waals surface area contributed by atoms with Crippen LogP contribution < -0.4 is 10.6 Å². The van der Waals surface area contributed by atoms with Gasteiger partial charge in [-0.25, -0.2) is 4.39 Å². The second-order valence-electron chi connectivity index (χ2n) is 7.57. The Bertz CT molecular complexity index is 594. The molecule has 2 fully saturated rings. The van der Waals surface area contributed by atoms with Gasteiger partial charge in [-0.2, -0.15) is 0 Å². The molecule has 1 aromatic carbocycles. The largest absolute Gasteiger partial charge is 0.384 e. The summed E-state index contributed by atoms with van der Waals surface area (Å²) in [5.41, 5.74) is 0.198. The Kier molecular flexibility index (Phi) is 8.04. The van der Waals surface area contributed by atoms with Gasteiger partial charge in [-0.3, -0.25) is 4.79 Å². The van der Waals surface area contributed by atoms with Gasteiger partial charge < -0.3 is 20.1 Å². The molecule has 0 spiro atoms. The van der Waals surface area contributed by atoms with Gasteiger partial charge >= 0.3 is 0 Å². The lowest BCUT2D eigenvalue weighted by Crippen LogP contribution is -2.53. The van der Waals surface area contributed by atoms with Crippen LogP contribution in [0.5, 0.6) is 0 Å². The highest BCUT2D eigenvalue weighted by molar-refractivity contribution is 5.88. The molecule has 0 atom stereocenters. The number of benzene rings is 1. The maximum atomic E-state index is 13.4. The lowest BCUT2D eigenvalue weighted by molar-refractivity contribution is -0.131. The van der Waals surface area contributed by atoms with Crippen molar-refractivity contribution in [2.24, 2.45) is 5.41 Å². The molecule has 0 unspecified atom stereocenters. The highest BCUT2D eigenvalue weighted by Gasteiger charge is 2.43. The number of hydrogen-bond acceptors (Lipinski definition) is 4. The summed E-state index contributed by atoms with van der Waals surface area (Å²) in [5.74, 6) is -0.272. The third kappa shape index (κ3) is 4.99. The number of halogens is 2. The van der Waals surface area contributed by atoms with Gasteiger partial charge in [0, 0.05) is 32.3 Å². The molecule has 1 amide bonds. The van der Waals surface area contributed by atoms with Crippen molar-refractivity contribution >= 4 is 18.3 Å². The molecule has 0 aliphatic carbocycles. The lowest BCUT2D eigenvalue weighted by atomic mass is 9.72. The fourth-order valence-electron chi connectivity index (χ4n) is 4.21. The summed E-state index contributed by atoms with van der Waals surface area (Å²) in [5, 5.41) is 6.57. The van der Waals surface area contributed by atoms with Crippen molar-refractivity contribution < 1.29 is 18.7 Å². The zero-order valence-electron chi connectivity index (χ0n) is 15.9. The first-order valence-corrected chi connectivity index (χ1v) is 9.42. The molecule has 7 heteroatoms. The third-order valence-electron chi connectivity index (χ3n) is 5.92. The van der Waals surface area contributed by atoms with Crippen LogP contribution in [0, 0.1) is 11.2 Å². The van der Waals surface area contributed by atoms with E-state index in [1.54, 1.807) is 19.2 Å². The number of ether oxygens (including phenoxy) is 2. The molecule has 2 N–H and O–H groups in total. The first-order chi connectivity index (χ1) is 12.6. The minimum Gasteiger partial charge on any atom is -0.384 e. The Labute approximate surface area is 166 Å². The van der Waals surface area contributed by atoms with Crippen LogP contribution in [0.1, 0.15) is 31.2 Å². The van der Waals surface area contributed by atoms with E-state index in [2.05, 4.69) is 10.6 Å². The predicted molar refractivity (Wildman–Crippen MR) is 105 cm³/mol. The van der Waals surface area contributed by atoms with E-state index in [0.717, 1.165) is 31.5 Å². The number of hydrogen-bond donors (Lipinski definition) is 2. The summed E-state index contributed by atoms with van der Waals surface area (Å²) in [7, 11) is 1.71. The van der Waals surface area contributed by atoms with E-state index in [4.69, 9.17) is 9.47 Å².